The van der Waals surface area contributed by atoms with Gasteiger partial charge in [-0.25, -0.2) is 16.8 Å². The van der Waals surface area contributed by atoms with Gasteiger partial charge >= 0.3 is 5.97 Å². The summed E-state index contributed by atoms with van der Waals surface area (Å²) in [7, 11) is -7.02. The third-order valence-corrected chi connectivity index (χ3v) is 8.24. The lowest BCUT2D eigenvalue weighted by Crippen LogP contribution is -2.40. The number of amides is 1. The number of sulfonamides is 1. The van der Waals surface area contributed by atoms with E-state index >= 15 is 0 Å². The number of ether oxygens (including phenoxy) is 1. The molecule has 0 bridgehead atoms. The molecule has 0 aliphatic carbocycles. The van der Waals surface area contributed by atoms with Crippen molar-refractivity contribution in [2.24, 2.45) is 4.99 Å². The highest BCUT2D eigenvalue weighted by atomic mass is 32.2. The van der Waals surface area contributed by atoms with Crippen molar-refractivity contribution in [3.05, 3.63) is 23.0 Å². The van der Waals surface area contributed by atoms with E-state index in [2.05, 4.69) is 4.99 Å². The number of thiazole rings is 1. The molecular formula is C18H23N3O7S3. The molecule has 1 aliphatic heterocycles. The molecule has 1 fully saturated rings. The molecule has 2 aromatic rings. The first-order valence-corrected chi connectivity index (χ1v) is 14.0. The van der Waals surface area contributed by atoms with Gasteiger partial charge in [-0.15, -0.1) is 0 Å². The second kappa shape index (κ2) is 8.81. The Labute approximate surface area is 184 Å². The molecule has 0 N–H and O–H groups in total. The fourth-order valence-electron chi connectivity index (χ4n) is 3.41. The Morgan fingerprint density at radius 1 is 1.23 bits per heavy atom. The first-order valence-electron chi connectivity index (χ1n) is 9.46. The Bertz CT molecular complexity index is 1310. The van der Waals surface area contributed by atoms with Gasteiger partial charge in [-0.05, 0) is 38.0 Å². The van der Waals surface area contributed by atoms with E-state index in [-0.39, 0.29) is 29.4 Å². The number of fused-ring (bicyclic) bond motifs is 1. The maximum absolute atomic E-state index is 12.8. The molecule has 1 saturated heterocycles. The van der Waals surface area contributed by atoms with Gasteiger partial charge in [-0.1, -0.05) is 11.3 Å². The van der Waals surface area contributed by atoms with Crippen LogP contribution in [0, 0.1) is 0 Å². The molecule has 13 heteroatoms. The summed E-state index contributed by atoms with van der Waals surface area (Å²) in [6.07, 6.45) is 3.04. The van der Waals surface area contributed by atoms with Gasteiger partial charge in [0.05, 0.1) is 28.0 Å². The molecule has 1 unspecified atom stereocenters. The summed E-state index contributed by atoms with van der Waals surface area (Å²) in [4.78, 5) is 29.3. The molecule has 1 amide bonds. The zero-order valence-electron chi connectivity index (χ0n) is 17.3. The Morgan fingerprint density at radius 3 is 2.55 bits per heavy atom. The van der Waals surface area contributed by atoms with Crippen molar-refractivity contribution in [3.8, 4) is 0 Å². The zero-order chi connectivity index (χ0) is 23.0. The minimum Gasteiger partial charge on any atom is -0.465 e. The van der Waals surface area contributed by atoms with Gasteiger partial charge in [-0.3, -0.25) is 9.59 Å². The van der Waals surface area contributed by atoms with Gasteiger partial charge in [0.25, 0.3) is 5.91 Å². The van der Waals surface area contributed by atoms with Crippen molar-refractivity contribution in [1.82, 2.24) is 8.87 Å². The molecule has 0 radical (unpaired) electrons. The number of hydrogen-bond acceptors (Lipinski definition) is 8. The Morgan fingerprint density at radius 2 is 1.94 bits per heavy atom. The minimum atomic E-state index is -3.56. The number of sulfone groups is 1. The van der Waals surface area contributed by atoms with Gasteiger partial charge in [0, 0.05) is 12.8 Å². The van der Waals surface area contributed by atoms with Crippen LogP contribution in [0.15, 0.2) is 28.1 Å². The predicted molar refractivity (Wildman–Crippen MR) is 115 cm³/mol. The molecule has 170 valence electrons. The zero-order valence-corrected chi connectivity index (χ0v) is 19.7. The molecule has 0 spiro atoms. The smallest absolute Gasteiger partial charge is 0.326 e. The number of rotatable bonds is 6. The van der Waals surface area contributed by atoms with E-state index in [0.717, 1.165) is 28.2 Å². The summed E-state index contributed by atoms with van der Waals surface area (Å²) in [5.41, 5.74) is 0.517. The first-order chi connectivity index (χ1) is 14.4. The topological polar surface area (TPSA) is 132 Å². The highest BCUT2D eigenvalue weighted by Gasteiger charge is 2.36. The lowest BCUT2D eigenvalue weighted by Gasteiger charge is -2.18. The number of benzene rings is 1. The van der Waals surface area contributed by atoms with E-state index in [1.807, 2.05) is 0 Å². The summed E-state index contributed by atoms with van der Waals surface area (Å²) in [6, 6.07) is 3.52. The van der Waals surface area contributed by atoms with Gasteiger partial charge in [0.2, 0.25) is 10.0 Å². The summed E-state index contributed by atoms with van der Waals surface area (Å²) < 4.78 is 55.9. The molecule has 1 aromatic carbocycles. The maximum atomic E-state index is 12.8. The summed E-state index contributed by atoms with van der Waals surface area (Å²) >= 11 is 1.05. The Hall–Kier alpha value is -2.09. The van der Waals surface area contributed by atoms with Crippen molar-refractivity contribution in [2.75, 3.05) is 25.7 Å². The largest absolute Gasteiger partial charge is 0.465 e. The average Bonchev–Trinajstić information content (AvgIpc) is 3.26. The molecule has 3 rings (SSSR count). The van der Waals surface area contributed by atoms with Crippen LogP contribution in [-0.4, -0.2) is 69.3 Å². The molecule has 1 aromatic heterocycles. The second-order valence-electron chi connectivity index (χ2n) is 7.16. The van der Waals surface area contributed by atoms with Crippen molar-refractivity contribution < 1.29 is 31.2 Å². The molecule has 31 heavy (non-hydrogen) atoms. The number of nitrogens with zero attached hydrogens (tertiary/aromatic N) is 3. The van der Waals surface area contributed by atoms with Crippen molar-refractivity contribution in [2.45, 2.75) is 37.2 Å². The molecule has 1 atom stereocenters. The molecule has 0 saturated carbocycles. The summed E-state index contributed by atoms with van der Waals surface area (Å²) in [6.45, 7) is 1.87. The quantitative estimate of drug-likeness (QED) is 0.540. The van der Waals surface area contributed by atoms with E-state index < -0.39 is 37.8 Å². The van der Waals surface area contributed by atoms with Crippen LogP contribution in [0.2, 0.25) is 0 Å². The summed E-state index contributed by atoms with van der Waals surface area (Å²) in [5.74, 6) is -1.17. The monoisotopic (exact) mass is 489 g/mol. The lowest BCUT2D eigenvalue weighted by atomic mass is 10.2. The van der Waals surface area contributed by atoms with Crippen LogP contribution in [-0.2, 0) is 40.7 Å². The molecule has 2 heterocycles. The molecule has 10 nitrogen and oxygen atoms in total. The Kier molecular flexibility index (Phi) is 6.69. The average molecular weight is 490 g/mol. The van der Waals surface area contributed by atoms with Crippen LogP contribution in [0.1, 0.15) is 19.8 Å². The van der Waals surface area contributed by atoms with Crippen molar-refractivity contribution in [1.29, 1.82) is 0 Å². The van der Waals surface area contributed by atoms with E-state index in [4.69, 9.17) is 4.74 Å². The maximum Gasteiger partial charge on any atom is 0.326 e. The van der Waals surface area contributed by atoms with Crippen LogP contribution < -0.4 is 4.80 Å². The van der Waals surface area contributed by atoms with E-state index in [1.165, 1.54) is 16.7 Å². The standard InChI is InChI=1S/C18H23N3O7S3/c1-4-28-16(22)11-20-13-8-7-12(30(2,24)25)10-15(13)29-18(20)19-17(23)14-6-5-9-21(14)31(3,26)27/h7-8,10,14H,4-6,9,11H2,1-3H3. The van der Waals surface area contributed by atoms with Crippen LogP contribution >= 0.6 is 11.3 Å². The number of carbonyl (C=O) groups is 2. The fourth-order valence-corrected chi connectivity index (χ4v) is 6.33. The van der Waals surface area contributed by atoms with Crippen molar-refractivity contribution >= 4 is 53.3 Å². The first kappa shape index (κ1) is 23.6. The normalized spacial score (nSPS) is 18.5. The molecular weight excluding hydrogens is 466 g/mol. The van der Waals surface area contributed by atoms with Gasteiger partial charge in [-0.2, -0.15) is 9.30 Å². The van der Waals surface area contributed by atoms with Crippen LogP contribution in [0.25, 0.3) is 10.2 Å². The Balaban J connectivity index is 2.12. The van der Waals surface area contributed by atoms with Crippen LogP contribution in [0.5, 0.6) is 0 Å². The van der Waals surface area contributed by atoms with E-state index in [9.17, 15) is 26.4 Å². The highest BCUT2D eigenvalue weighted by molar-refractivity contribution is 7.90. The van der Waals surface area contributed by atoms with Crippen molar-refractivity contribution in [3.63, 3.8) is 0 Å². The third kappa shape index (κ3) is 5.22. The number of hydrogen-bond donors (Lipinski definition) is 0. The third-order valence-electron chi connectivity index (χ3n) is 4.80. The van der Waals surface area contributed by atoms with Crippen LogP contribution in [0.3, 0.4) is 0 Å². The molecule has 1 aliphatic rings. The number of aromatic nitrogens is 1. The SMILES string of the molecule is CCOC(=O)Cn1c(=NC(=O)C2CCCN2S(C)(=O)=O)sc2cc(S(C)(=O)=O)ccc21. The van der Waals surface area contributed by atoms with Crippen LogP contribution in [0.4, 0.5) is 0 Å². The van der Waals surface area contributed by atoms with Gasteiger partial charge < -0.3 is 9.30 Å². The minimum absolute atomic E-state index is 0.0986. The number of carbonyl (C=O) groups excluding carboxylic acids is 2. The predicted octanol–water partition coefficient (Wildman–Crippen LogP) is 0.521. The fraction of sp³-hybridized carbons (Fsp3) is 0.500. The van der Waals surface area contributed by atoms with E-state index in [1.54, 1.807) is 13.0 Å². The second-order valence-corrected chi connectivity index (χ2v) is 12.1. The van der Waals surface area contributed by atoms with Gasteiger partial charge in [0.1, 0.15) is 12.6 Å². The lowest BCUT2D eigenvalue weighted by molar-refractivity contribution is -0.143. The van der Waals surface area contributed by atoms with Gasteiger partial charge in [0.15, 0.2) is 14.6 Å². The highest BCUT2D eigenvalue weighted by Crippen LogP contribution is 2.24. The summed E-state index contributed by atoms with van der Waals surface area (Å²) in [5, 5.41) is 0. The number of esters is 1. The van der Waals surface area contributed by atoms with E-state index in [0.29, 0.717) is 23.1 Å².